The fourth-order valence-corrected chi connectivity index (χ4v) is 1.42. The second-order valence-corrected chi connectivity index (χ2v) is 3.31. The van der Waals surface area contributed by atoms with E-state index in [4.69, 9.17) is 0 Å². The first-order chi connectivity index (χ1) is 5.72. The SMILES string of the molecule is CSc1nc2n(n1)C(C)C(=O)N2. The molecule has 1 unspecified atom stereocenters. The Hall–Kier alpha value is -1.04. The van der Waals surface area contributed by atoms with Gasteiger partial charge in [0.25, 0.3) is 5.91 Å². The first-order valence-corrected chi connectivity index (χ1v) is 4.76. The Labute approximate surface area is 73.5 Å². The first-order valence-electron chi connectivity index (χ1n) is 3.54. The summed E-state index contributed by atoms with van der Waals surface area (Å²) in [6.45, 7) is 1.80. The molecule has 0 fully saturated rings. The number of fused-ring (bicyclic) bond motifs is 1. The highest BCUT2D eigenvalue weighted by Crippen LogP contribution is 2.23. The molecule has 1 N–H and O–H groups in total. The Morgan fingerprint density at radius 3 is 3.00 bits per heavy atom. The lowest BCUT2D eigenvalue weighted by Gasteiger charge is -1.97. The third kappa shape index (κ3) is 0.911. The van der Waals surface area contributed by atoms with Gasteiger partial charge in [0, 0.05) is 0 Å². The fourth-order valence-electron chi connectivity index (χ4n) is 1.07. The van der Waals surface area contributed by atoms with E-state index in [1.54, 1.807) is 11.6 Å². The highest BCUT2D eigenvalue weighted by Gasteiger charge is 2.28. The average Bonchev–Trinajstić information content (AvgIpc) is 2.55. The Kier molecular flexibility index (Phi) is 1.57. The lowest BCUT2D eigenvalue weighted by atomic mass is 10.4. The van der Waals surface area contributed by atoms with Gasteiger partial charge in [-0.05, 0) is 13.2 Å². The van der Waals surface area contributed by atoms with E-state index in [2.05, 4.69) is 15.4 Å². The molecule has 0 aromatic carbocycles. The van der Waals surface area contributed by atoms with Crippen LogP contribution in [0.1, 0.15) is 13.0 Å². The smallest absolute Gasteiger partial charge is 0.251 e. The van der Waals surface area contributed by atoms with Gasteiger partial charge in [0.1, 0.15) is 6.04 Å². The van der Waals surface area contributed by atoms with Crippen molar-refractivity contribution in [2.45, 2.75) is 18.1 Å². The van der Waals surface area contributed by atoms with Crippen LogP contribution in [0.5, 0.6) is 0 Å². The van der Waals surface area contributed by atoms with Gasteiger partial charge in [-0.15, -0.1) is 5.10 Å². The largest absolute Gasteiger partial charge is 0.293 e. The van der Waals surface area contributed by atoms with E-state index in [-0.39, 0.29) is 11.9 Å². The minimum absolute atomic E-state index is 0.0438. The molecule has 12 heavy (non-hydrogen) atoms. The number of aromatic nitrogens is 3. The molecule has 1 aromatic rings. The molecule has 0 saturated heterocycles. The van der Waals surface area contributed by atoms with E-state index < -0.39 is 0 Å². The lowest BCUT2D eigenvalue weighted by molar-refractivity contribution is -0.117. The van der Waals surface area contributed by atoms with E-state index in [1.807, 2.05) is 6.26 Å². The molecule has 0 aliphatic carbocycles. The predicted molar refractivity (Wildman–Crippen MR) is 45.1 cm³/mol. The number of amides is 1. The lowest BCUT2D eigenvalue weighted by Crippen LogP contribution is -2.13. The van der Waals surface area contributed by atoms with E-state index in [9.17, 15) is 4.79 Å². The third-order valence-electron chi connectivity index (χ3n) is 1.78. The van der Waals surface area contributed by atoms with Gasteiger partial charge in [0.15, 0.2) is 0 Å². The summed E-state index contributed by atoms with van der Waals surface area (Å²) < 4.78 is 1.61. The average molecular weight is 184 g/mol. The number of thioether (sulfide) groups is 1. The molecule has 0 radical (unpaired) electrons. The Morgan fingerprint density at radius 2 is 2.42 bits per heavy atom. The number of carbonyl (C=O) groups is 1. The molecule has 0 bridgehead atoms. The van der Waals surface area contributed by atoms with Crippen LogP contribution in [0.25, 0.3) is 0 Å². The van der Waals surface area contributed by atoms with Crippen LogP contribution in [0.3, 0.4) is 0 Å². The molecule has 6 heteroatoms. The maximum absolute atomic E-state index is 11.1. The normalized spacial score (nSPS) is 20.8. The van der Waals surface area contributed by atoms with E-state index >= 15 is 0 Å². The van der Waals surface area contributed by atoms with Crippen LogP contribution in [-0.2, 0) is 4.79 Å². The highest BCUT2D eigenvalue weighted by molar-refractivity contribution is 7.98. The molecule has 64 valence electrons. The third-order valence-corrected chi connectivity index (χ3v) is 2.31. The van der Waals surface area contributed by atoms with Crippen LogP contribution in [0, 0.1) is 0 Å². The number of rotatable bonds is 1. The molecular formula is C6H8N4OS. The summed E-state index contributed by atoms with van der Waals surface area (Å²) in [5, 5.41) is 7.46. The van der Waals surface area contributed by atoms with Crippen molar-refractivity contribution >= 4 is 23.6 Å². The van der Waals surface area contributed by atoms with Gasteiger partial charge >= 0.3 is 0 Å². The van der Waals surface area contributed by atoms with Crippen molar-refractivity contribution in [3.8, 4) is 0 Å². The number of nitrogens with zero attached hydrogens (tertiary/aromatic N) is 3. The Bertz CT molecular complexity index is 334. The molecule has 1 amide bonds. The van der Waals surface area contributed by atoms with E-state index in [0.29, 0.717) is 11.1 Å². The summed E-state index contributed by atoms with van der Waals surface area (Å²) in [5.41, 5.74) is 0. The second-order valence-electron chi connectivity index (χ2n) is 2.53. The summed E-state index contributed by atoms with van der Waals surface area (Å²) in [6.07, 6.45) is 1.90. The molecule has 5 nitrogen and oxygen atoms in total. The van der Waals surface area contributed by atoms with Gasteiger partial charge in [-0.3, -0.25) is 10.1 Å². The van der Waals surface area contributed by atoms with Gasteiger partial charge in [-0.25, -0.2) is 4.68 Å². The molecule has 1 aliphatic rings. The zero-order valence-corrected chi connectivity index (χ0v) is 7.55. The highest BCUT2D eigenvalue weighted by atomic mass is 32.2. The summed E-state index contributed by atoms with van der Waals surface area (Å²) in [4.78, 5) is 15.2. The van der Waals surface area contributed by atoms with Crippen molar-refractivity contribution in [3.05, 3.63) is 0 Å². The molecule has 1 atom stereocenters. The van der Waals surface area contributed by atoms with E-state index in [1.165, 1.54) is 11.8 Å². The monoisotopic (exact) mass is 184 g/mol. The number of nitrogens with one attached hydrogen (secondary N) is 1. The van der Waals surface area contributed by atoms with Crippen molar-refractivity contribution in [3.63, 3.8) is 0 Å². The minimum Gasteiger partial charge on any atom is -0.293 e. The van der Waals surface area contributed by atoms with Crippen LogP contribution >= 0.6 is 11.8 Å². The fraction of sp³-hybridized carbons (Fsp3) is 0.500. The van der Waals surface area contributed by atoms with Crippen molar-refractivity contribution in [2.24, 2.45) is 0 Å². The Balaban J connectivity index is 2.42. The topological polar surface area (TPSA) is 59.8 Å². The zero-order valence-electron chi connectivity index (χ0n) is 6.74. The molecule has 1 aliphatic heterocycles. The number of carbonyl (C=O) groups excluding carboxylic acids is 1. The van der Waals surface area contributed by atoms with E-state index in [0.717, 1.165) is 0 Å². The number of anilines is 1. The van der Waals surface area contributed by atoms with Crippen LogP contribution in [-0.4, -0.2) is 26.9 Å². The van der Waals surface area contributed by atoms with Crippen LogP contribution < -0.4 is 5.32 Å². The zero-order chi connectivity index (χ0) is 8.72. The summed E-state index contributed by atoms with van der Waals surface area (Å²) in [7, 11) is 0. The minimum atomic E-state index is -0.228. The summed E-state index contributed by atoms with van der Waals surface area (Å²) in [6, 6.07) is -0.228. The molecule has 2 heterocycles. The predicted octanol–water partition coefficient (Wildman–Crippen LogP) is 0.513. The van der Waals surface area contributed by atoms with Crippen molar-refractivity contribution in [1.82, 2.24) is 14.8 Å². The van der Waals surface area contributed by atoms with Gasteiger partial charge in [0.05, 0.1) is 0 Å². The first kappa shape index (κ1) is 7.60. The maximum atomic E-state index is 11.1. The Morgan fingerprint density at radius 1 is 1.67 bits per heavy atom. The van der Waals surface area contributed by atoms with Crippen LogP contribution in [0.15, 0.2) is 5.16 Å². The second kappa shape index (κ2) is 2.48. The van der Waals surface area contributed by atoms with Crippen molar-refractivity contribution in [1.29, 1.82) is 0 Å². The van der Waals surface area contributed by atoms with Gasteiger partial charge in [-0.1, -0.05) is 11.8 Å². The summed E-state index contributed by atoms with van der Waals surface area (Å²) in [5.74, 6) is 0.509. The molecule has 2 rings (SSSR count). The van der Waals surface area contributed by atoms with Crippen LogP contribution in [0.2, 0.25) is 0 Å². The van der Waals surface area contributed by atoms with Gasteiger partial charge in [-0.2, -0.15) is 4.98 Å². The summed E-state index contributed by atoms with van der Waals surface area (Å²) >= 11 is 1.46. The van der Waals surface area contributed by atoms with Crippen LogP contribution in [0.4, 0.5) is 5.95 Å². The molecular weight excluding hydrogens is 176 g/mol. The number of hydrogen-bond donors (Lipinski definition) is 1. The van der Waals surface area contributed by atoms with Crippen molar-refractivity contribution < 1.29 is 4.79 Å². The molecule has 0 saturated carbocycles. The van der Waals surface area contributed by atoms with Crippen molar-refractivity contribution in [2.75, 3.05) is 11.6 Å². The van der Waals surface area contributed by atoms with Gasteiger partial charge in [0.2, 0.25) is 11.1 Å². The number of hydrogen-bond acceptors (Lipinski definition) is 4. The quantitative estimate of drug-likeness (QED) is 0.646. The van der Waals surface area contributed by atoms with Gasteiger partial charge < -0.3 is 0 Å². The maximum Gasteiger partial charge on any atom is 0.251 e. The molecule has 1 aromatic heterocycles. The standard InChI is InChI=1S/C6H8N4OS/c1-3-4(11)7-5-8-6(12-2)9-10(3)5/h3H,1-2H3,(H,7,8,9,11). The molecule has 0 spiro atoms.